The molecule has 0 heterocycles. The molecule has 0 aliphatic rings. The van der Waals surface area contributed by atoms with E-state index in [1.165, 1.54) is 31.4 Å². The van der Waals surface area contributed by atoms with Crippen LogP contribution in [-0.2, 0) is 30.7 Å². The zero-order valence-electron chi connectivity index (χ0n) is 14.3. The minimum Gasteiger partial charge on any atom is -0.468 e. The molecule has 26 heavy (non-hydrogen) atoms. The lowest BCUT2D eigenvalue weighted by Crippen LogP contribution is -2.43. The topological polar surface area (TPSA) is 98.8 Å². The van der Waals surface area contributed by atoms with Crippen LogP contribution in [0.25, 0.3) is 0 Å². The number of carbonyl (C=O) groups excluding carboxylic acids is 2. The number of ether oxygens (including phenoxy) is 2. The fourth-order valence-corrected chi connectivity index (χ4v) is 3.78. The lowest BCUT2D eigenvalue weighted by Gasteiger charge is -2.18. The molecule has 0 bridgehead atoms. The summed E-state index contributed by atoms with van der Waals surface area (Å²) in [5.41, 5.74) is 0.637. The van der Waals surface area contributed by atoms with Gasteiger partial charge in [-0.15, -0.1) is 0 Å². The van der Waals surface area contributed by atoms with Gasteiger partial charge < -0.3 is 9.47 Å². The van der Waals surface area contributed by atoms with Gasteiger partial charge in [0.05, 0.1) is 24.7 Å². The molecule has 0 spiro atoms. The number of nitrogens with one attached hydrogen (secondary N) is 1. The molecule has 7 nitrogen and oxygen atoms in total. The molecular formula is C18H19NO6S. The van der Waals surface area contributed by atoms with Gasteiger partial charge in [0.25, 0.3) is 0 Å². The number of benzene rings is 2. The molecule has 138 valence electrons. The van der Waals surface area contributed by atoms with Gasteiger partial charge in [-0.3, -0.25) is 4.79 Å². The highest BCUT2D eigenvalue weighted by Crippen LogP contribution is 2.17. The Morgan fingerprint density at radius 3 is 2.19 bits per heavy atom. The van der Waals surface area contributed by atoms with Crippen LogP contribution in [-0.4, -0.2) is 40.6 Å². The van der Waals surface area contributed by atoms with E-state index in [0.717, 1.165) is 12.7 Å². The van der Waals surface area contributed by atoms with E-state index in [9.17, 15) is 18.0 Å². The average molecular weight is 377 g/mol. The first-order chi connectivity index (χ1) is 12.4. The van der Waals surface area contributed by atoms with E-state index in [0.29, 0.717) is 0 Å². The van der Waals surface area contributed by atoms with Gasteiger partial charge in [0.15, 0.2) is 0 Å². The maximum atomic E-state index is 12.8. The normalized spacial score (nSPS) is 12.2. The van der Waals surface area contributed by atoms with Crippen LogP contribution in [0.2, 0.25) is 0 Å². The van der Waals surface area contributed by atoms with Gasteiger partial charge in [-0.25, -0.2) is 13.2 Å². The molecule has 2 rings (SSSR count). The summed E-state index contributed by atoms with van der Waals surface area (Å²) in [6.45, 7) is 0. The van der Waals surface area contributed by atoms with Crippen molar-refractivity contribution in [3.8, 4) is 0 Å². The molecule has 1 atom stereocenters. The number of hydrogen-bond acceptors (Lipinski definition) is 6. The molecule has 0 saturated carbocycles. The largest absolute Gasteiger partial charge is 0.468 e. The van der Waals surface area contributed by atoms with Crippen LogP contribution in [0, 0.1) is 0 Å². The van der Waals surface area contributed by atoms with Crippen LogP contribution in [0.5, 0.6) is 0 Å². The van der Waals surface area contributed by atoms with Crippen molar-refractivity contribution in [2.45, 2.75) is 17.4 Å². The molecule has 0 saturated heterocycles. The van der Waals surface area contributed by atoms with Crippen LogP contribution in [0.1, 0.15) is 15.9 Å². The van der Waals surface area contributed by atoms with E-state index in [-0.39, 0.29) is 16.9 Å². The molecule has 0 aliphatic heterocycles. The van der Waals surface area contributed by atoms with Gasteiger partial charge >= 0.3 is 11.9 Å². The van der Waals surface area contributed by atoms with Crippen molar-refractivity contribution < 1.29 is 27.5 Å². The average Bonchev–Trinajstić information content (AvgIpc) is 2.66. The van der Waals surface area contributed by atoms with E-state index in [2.05, 4.69) is 9.46 Å². The lowest BCUT2D eigenvalue weighted by molar-refractivity contribution is -0.142. The lowest BCUT2D eigenvalue weighted by atomic mass is 10.1. The summed E-state index contributed by atoms with van der Waals surface area (Å²) in [6.07, 6.45) is 0.104. The fourth-order valence-electron chi connectivity index (χ4n) is 2.40. The Kier molecular flexibility index (Phi) is 6.48. The number of esters is 2. The Morgan fingerprint density at radius 2 is 1.58 bits per heavy atom. The van der Waals surface area contributed by atoms with Gasteiger partial charge in [0.2, 0.25) is 10.0 Å². The third kappa shape index (κ3) is 4.68. The Labute approximate surface area is 152 Å². The fraction of sp³-hybridized carbons (Fsp3) is 0.222. The molecule has 8 heteroatoms. The van der Waals surface area contributed by atoms with E-state index < -0.39 is 28.0 Å². The second-order valence-corrected chi connectivity index (χ2v) is 7.06. The predicted molar refractivity (Wildman–Crippen MR) is 94.1 cm³/mol. The summed E-state index contributed by atoms with van der Waals surface area (Å²) >= 11 is 0. The second-order valence-electron chi connectivity index (χ2n) is 5.37. The highest BCUT2D eigenvalue weighted by Gasteiger charge is 2.29. The number of carbonyl (C=O) groups is 2. The summed E-state index contributed by atoms with van der Waals surface area (Å²) in [6, 6.07) is 13.4. The smallest absolute Gasteiger partial charge is 0.339 e. The summed E-state index contributed by atoms with van der Waals surface area (Å²) in [5, 5.41) is 0. The zero-order chi connectivity index (χ0) is 19.2. The van der Waals surface area contributed by atoms with Crippen molar-refractivity contribution in [2.75, 3.05) is 14.2 Å². The molecule has 0 amide bonds. The minimum absolute atomic E-state index is 0.104. The van der Waals surface area contributed by atoms with Crippen molar-refractivity contribution in [3.05, 3.63) is 65.7 Å². The molecule has 2 aromatic carbocycles. The van der Waals surface area contributed by atoms with Crippen molar-refractivity contribution in [1.29, 1.82) is 0 Å². The van der Waals surface area contributed by atoms with Crippen LogP contribution in [0.3, 0.4) is 0 Å². The maximum absolute atomic E-state index is 12.8. The first-order valence-corrected chi connectivity index (χ1v) is 9.18. The molecular weight excluding hydrogens is 358 g/mol. The molecule has 0 aliphatic carbocycles. The summed E-state index contributed by atoms with van der Waals surface area (Å²) in [7, 11) is -1.84. The Morgan fingerprint density at radius 1 is 0.962 bits per heavy atom. The molecule has 2 aromatic rings. The van der Waals surface area contributed by atoms with Crippen molar-refractivity contribution >= 4 is 22.0 Å². The second kappa shape index (κ2) is 8.59. The highest BCUT2D eigenvalue weighted by atomic mass is 32.2. The quantitative estimate of drug-likeness (QED) is 0.735. The van der Waals surface area contributed by atoms with Gasteiger partial charge in [0.1, 0.15) is 6.04 Å². The molecule has 1 unspecified atom stereocenters. The Balaban J connectivity index is 2.35. The van der Waals surface area contributed by atoms with E-state index >= 15 is 0 Å². The summed E-state index contributed by atoms with van der Waals surface area (Å²) in [4.78, 5) is 23.6. The van der Waals surface area contributed by atoms with Crippen molar-refractivity contribution in [1.82, 2.24) is 4.72 Å². The molecule has 1 N–H and O–H groups in total. The van der Waals surface area contributed by atoms with Crippen molar-refractivity contribution in [2.24, 2.45) is 0 Å². The zero-order valence-corrected chi connectivity index (χ0v) is 15.2. The highest BCUT2D eigenvalue weighted by molar-refractivity contribution is 7.89. The first-order valence-electron chi connectivity index (χ1n) is 7.70. The van der Waals surface area contributed by atoms with Gasteiger partial charge in [-0.2, -0.15) is 4.72 Å². The molecule has 0 fully saturated rings. The SMILES string of the molecule is COC(=O)c1ccccc1S(=O)(=O)NC(Cc1ccccc1)C(=O)OC. The van der Waals surface area contributed by atoms with E-state index in [1.807, 2.05) is 6.07 Å². The number of sulfonamides is 1. The predicted octanol–water partition coefficient (Wildman–Crippen LogP) is 1.54. The third-order valence-electron chi connectivity index (χ3n) is 3.65. The van der Waals surface area contributed by atoms with Gasteiger partial charge in [-0.05, 0) is 24.1 Å². The van der Waals surface area contributed by atoms with Crippen LogP contribution in [0.4, 0.5) is 0 Å². The number of methoxy groups -OCH3 is 2. The maximum Gasteiger partial charge on any atom is 0.339 e. The van der Waals surface area contributed by atoms with Crippen LogP contribution in [0.15, 0.2) is 59.5 Å². The first kappa shape index (κ1) is 19.6. The van der Waals surface area contributed by atoms with E-state index in [4.69, 9.17) is 4.74 Å². The summed E-state index contributed by atoms with van der Waals surface area (Å²) < 4.78 is 37.2. The van der Waals surface area contributed by atoms with Crippen LogP contribution >= 0.6 is 0 Å². The van der Waals surface area contributed by atoms with E-state index in [1.54, 1.807) is 24.3 Å². The van der Waals surface area contributed by atoms with Crippen LogP contribution < -0.4 is 4.72 Å². The Bertz CT molecular complexity index is 880. The molecule has 0 radical (unpaired) electrons. The monoisotopic (exact) mass is 377 g/mol. The third-order valence-corrected chi connectivity index (χ3v) is 5.18. The van der Waals surface area contributed by atoms with Gasteiger partial charge in [-0.1, -0.05) is 42.5 Å². The minimum atomic E-state index is -4.17. The van der Waals surface area contributed by atoms with Gasteiger partial charge in [0, 0.05) is 0 Å². The van der Waals surface area contributed by atoms with Crippen molar-refractivity contribution in [3.63, 3.8) is 0 Å². The molecule has 0 aromatic heterocycles. The number of hydrogen-bond donors (Lipinski definition) is 1. The number of rotatable bonds is 7. The Hall–Kier alpha value is -2.71. The summed E-state index contributed by atoms with van der Waals surface area (Å²) in [5.74, 6) is -1.52. The standard InChI is InChI=1S/C18H19NO6S/c1-24-17(20)14-10-6-7-11-16(14)26(22,23)19-15(18(21)25-2)12-13-8-4-3-5-9-13/h3-11,15,19H,12H2,1-2H3.